The maximum atomic E-state index is 13.0. The minimum atomic E-state index is -3.50. The van der Waals surface area contributed by atoms with Crippen LogP contribution in [0, 0.1) is 0 Å². The molecule has 0 aliphatic heterocycles. The van der Waals surface area contributed by atoms with Crippen LogP contribution in [-0.2, 0) is 0 Å². The predicted octanol–water partition coefficient (Wildman–Crippen LogP) is 1.15. The number of alkyl halides is 2. The Balaban J connectivity index is 0.00000225. The molecular weight excluding hydrogens is 244 g/mol. The van der Waals surface area contributed by atoms with Gasteiger partial charge in [-0.25, -0.2) is 8.78 Å². The van der Waals surface area contributed by atoms with Crippen molar-refractivity contribution in [2.75, 3.05) is 6.61 Å². The molecule has 4 nitrogen and oxygen atoms in total. The van der Waals surface area contributed by atoms with Gasteiger partial charge in [0.25, 0.3) is 5.92 Å². The lowest BCUT2D eigenvalue weighted by Gasteiger charge is -2.21. The maximum absolute atomic E-state index is 13.0. The fourth-order valence-corrected chi connectivity index (χ4v) is 1.14. The molecule has 0 saturated heterocycles. The zero-order valence-electron chi connectivity index (χ0n) is 8.10. The summed E-state index contributed by atoms with van der Waals surface area (Å²) in [5.41, 5.74) is 5.04. The summed E-state index contributed by atoms with van der Waals surface area (Å²) in [6, 6.07) is 1.23. The van der Waals surface area contributed by atoms with Crippen molar-refractivity contribution in [3.05, 3.63) is 23.8 Å². The molecule has 1 aromatic carbocycles. The third-order valence-electron chi connectivity index (χ3n) is 1.95. The summed E-state index contributed by atoms with van der Waals surface area (Å²) < 4.78 is 25.9. The molecule has 0 bridgehead atoms. The first-order chi connectivity index (χ1) is 6.86. The van der Waals surface area contributed by atoms with Gasteiger partial charge in [0.15, 0.2) is 0 Å². The van der Waals surface area contributed by atoms with Crippen LogP contribution in [0.25, 0.3) is 0 Å². The molecule has 0 fully saturated rings. The summed E-state index contributed by atoms with van der Waals surface area (Å²) in [5.74, 6) is -4.23. The standard InChI is InChI=1S/C9H11F2NO3.ClH/c10-9(11,4-13)8(12)5-1-6(14)3-7(15)2-5;/h1-3,8,13-15H,4,12H2;1H/t8-;/m1./s1. The van der Waals surface area contributed by atoms with Gasteiger partial charge in [-0.3, -0.25) is 0 Å². The summed E-state index contributed by atoms with van der Waals surface area (Å²) in [4.78, 5) is 0. The third-order valence-corrected chi connectivity index (χ3v) is 1.95. The molecule has 0 amide bonds. The van der Waals surface area contributed by atoms with E-state index in [2.05, 4.69) is 0 Å². The Morgan fingerprint density at radius 3 is 2.00 bits per heavy atom. The van der Waals surface area contributed by atoms with Gasteiger partial charge in [-0.15, -0.1) is 12.4 Å². The van der Waals surface area contributed by atoms with Crippen LogP contribution in [-0.4, -0.2) is 27.8 Å². The molecule has 7 heteroatoms. The molecule has 0 saturated carbocycles. The van der Waals surface area contributed by atoms with E-state index in [1.807, 2.05) is 0 Å². The molecule has 0 radical (unpaired) electrons. The Morgan fingerprint density at radius 2 is 1.62 bits per heavy atom. The molecule has 0 aliphatic rings. The Morgan fingerprint density at radius 1 is 1.19 bits per heavy atom. The Kier molecular flexibility index (Phi) is 4.92. The van der Waals surface area contributed by atoms with Crippen LogP contribution in [0.1, 0.15) is 11.6 Å². The number of rotatable bonds is 3. The molecule has 16 heavy (non-hydrogen) atoms. The SMILES string of the molecule is Cl.N[C@H](c1cc(O)cc(O)c1)C(F)(F)CO. The average Bonchev–Trinajstić information content (AvgIpc) is 2.15. The van der Waals surface area contributed by atoms with Gasteiger partial charge >= 0.3 is 0 Å². The fraction of sp³-hybridized carbons (Fsp3) is 0.333. The average molecular weight is 256 g/mol. The number of phenolic OH excluding ortho intramolecular Hbond substituents is 2. The lowest BCUT2D eigenvalue weighted by molar-refractivity contribution is -0.0712. The van der Waals surface area contributed by atoms with Gasteiger partial charge in [0.1, 0.15) is 18.1 Å². The number of benzene rings is 1. The first-order valence-electron chi connectivity index (χ1n) is 4.14. The Labute approximate surface area is 96.7 Å². The van der Waals surface area contributed by atoms with Crippen molar-refractivity contribution in [2.45, 2.75) is 12.0 Å². The number of aliphatic hydroxyl groups is 1. The van der Waals surface area contributed by atoms with Crippen molar-refractivity contribution in [1.29, 1.82) is 0 Å². The smallest absolute Gasteiger partial charge is 0.289 e. The van der Waals surface area contributed by atoms with E-state index in [0.717, 1.165) is 18.2 Å². The molecule has 0 spiro atoms. The van der Waals surface area contributed by atoms with E-state index >= 15 is 0 Å². The molecule has 0 aliphatic carbocycles. The van der Waals surface area contributed by atoms with Gasteiger partial charge in [0, 0.05) is 6.07 Å². The van der Waals surface area contributed by atoms with Gasteiger partial charge in [-0.05, 0) is 17.7 Å². The van der Waals surface area contributed by atoms with Crippen molar-refractivity contribution in [1.82, 2.24) is 0 Å². The Hall–Kier alpha value is -1.11. The van der Waals surface area contributed by atoms with E-state index in [1.54, 1.807) is 0 Å². The zero-order chi connectivity index (χ0) is 11.6. The molecule has 1 atom stereocenters. The van der Waals surface area contributed by atoms with Gasteiger partial charge < -0.3 is 21.1 Å². The van der Waals surface area contributed by atoms with Crippen molar-refractivity contribution < 1.29 is 24.1 Å². The van der Waals surface area contributed by atoms with Gasteiger partial charge in [-0.1, -0.05) is 0 Å². The summed E-state index contributed by atoms with van der Waals surface area (Å²) in [6.45, 7) is -1.40. The van der Waals surface area contributed by atoms with Crippen LogP contribution >= 0.6 is 12.4 Å². The van der Waals surface area contributed by atoms with Crippen molar-refractivity contribution >= 4 is 12.4 Å². The second-order valence-electron chi connectivity index (χ2n) is 3.18. The molecular formula is C9H12ClF2NO3. The van der Waals surface area contributed by atoms with Crippen LogP contribution in [0.3, 0.4) is 0 Å². The molecule has 5 N–H and O–H groups in total. The number of aromatic hydroxyl groups is 2. The maximum Gasteiger partial charge on any atom is 0.289 e. The molecule has 1 aromatic rings. The molecule has 0 unspecified atom stereocenters. The highest BCUT2D eigenvalue weighted by Crippen LogP contribution is 2.32. The summed E-state index contributed by atoms with van der Waals surface area (Å²) in [6.07, 6.45) is 0. The lowest BCUT2D eigenvalue weighted by atomic mass is 10.0. The van der Waals surface area contributed by atoms with Crippen LogP contribution in [0.5, 0.6) is 11.5 Å². The van der Waals surface area contributed by atoms with Crippen molar-refractivity contribution in [3.8, 4) is 11.5 Å². The van der Waals surface area contributed by atoms with Crippen molar-refractivity contribution in [2.24, 2.45) is 5.73 Å². The normalized spacial score (nSPS) is 13.0. The summed E-state index contributed by atoms with van der Waals surface area (Å²) >= 11 is 0. The third kappa shape index (κ3) is 3.19. The van der Waals surface area contributed by atoms with E-state index < -0.39 is 18.6 Å². The number of halogens is 3. The van der Waals surface area contributed by atoms with Crippen LogP contribution in [0.2, 0.25) is 0 Å². The summed E-state index contributed by atoms with van der Waals surface area (Å²) in [5, 5.41) is 26.5. The Bertz CT molecular complexity index is 342. The highest BCUT2D eigenvalue weighted by molar-refractivity contribution is 5.85. The molecule has 0 aromatic heterocycles. The minimum Gasteiger partial charge on any atom is -0.508 e. The second kappa shape index (κ2) is 5.29. The van der Waals surface area contributed by atoms with Crippen LogP contribution < -0.4 is 5.73 Å². The number of hydrogen-bond donors (Lipinski definition) is 4. The fourth-order valence-electron chi connectivity index (χ4n) is 1.14. The second-order valence-corrected chi connectivity index (χ2v) is 3.18. The lowest BCUT2D eigenvalue weighted by Crippen LogP contribution is -2.36. The van der Waals surface area contributed by atoms with Gasteiger partial charge in [0.2, 0.25) is 0 Å². The van der Waals surface area contributed by atoms with E-state index in [9.17, 15) is 8.78 Å². The van der Waals surface area contributed by atoms with Gasteiger partial charge in [-0.2, -0.15) is 0 Å². The summed E-state index contributed by atoms with van der Waals surface area (Å²) in [7, 11) is 0. The molecule has 0 heterocycles. The first kappa shape index (κ1) is 14.9. The minimum absolute atomic E-state index is 0. The predicted molar refractivity (Wildman–Crippen MR) is 56.0 cm³/mol. The topological polar surface area (TPSA) is 86.7 Å². The van der Waals surface area contributed by atoms with Gasteiger partial charge in [0.05, 0.1) is 6.04 Å². The highest BCUT2D eigenvalue weighted by atomic mass is 35.5. The number of nitrogens with two attached hydrogens (primary N) is 1. The van der Waals surface area contributed by atoms with E-state index in [1.165, 1.54) is 0 Å². The van der Waals surface area contributed by atoms with E-state index in [0.29, 0.717) is 0 Å². The first-order valence-corrected chi connectivity index (χ1v) is 4.14. The molecule has 92 valence electrons. The number of hydrogen-bond acceptors (Lipinski definition) is 4. The van der Waals surface area contributed by atoms with Crippen LogP contribution in [0.4, 0.5) is 8.78 Å². The molecule has 1 rings (SSSR count). The number of phenols is 2. The van der Waals surface area contributed by atoms with E-state index in [-0.39, 0.29) is 29.5 Å². The van der Waals surface area contributed by atoms with Crippen LogP contribution in [0.15, 0.2) is 18.2 Å². The monoisotopic (exact) mass is 255 g/mol. The quantitative estimate of drug-likeness (QED) is 0.653. The highest BCUT2D eigenvalue weighted by Gasteiger charge is 2.37. The zero-order valence-corrected chi connectivity index (χ0v) is 8.92. The van der Waals surface area contributed by atoms with E-state index in [4.69, 9.17) is 21.1 Å². The largest absolute Gasteiger partial charge is 0.508 e. The number of aliphatic hydroxyl groups excluding tert-OH is 1. The van der Waals surface area contributed by atoms with Crippen molar-refractivity contribution in [3.63, 3.8) is 0 Å².